The van der Waals surface area contributed by atoms with Gasteiger partial charge < -0.3 is 9.84 Å². The Morgan fingerprint density at radius 1 is 1.17 bits per heavy atom. The van der Waals surface area contributed by atoms with Crippen LogP contribution in [0.5, 0.6) is 5.75 Å². The normalized spacial score (nSPS) is 17.4. The van der Waals surface area contributed by atoms with Crippen LogP contribution < -0.4 is 4.74 Å². The van der Waals surface area contributed by atoms with Crippen LogP contribution in [-0.4, -0.2) is 30.2 Å². The van der Waals surface area contributed by atoms with E-state index in [1.165, 1.54) is 44.3 Å². The quantitative estimate of drug-likeness (QED) is 0.890. The van der Waals surface area contributed by atoms with E-state index in [-0.39, 0.29) is 6.61 Å². The number of hydrogen-bond donors (Lipinski definition) is 1. The van der Waals surface area contributed by atoms with E-state index in [4.69, 9.17) is 4.74 Å². The van der Waals surface area contributed by atoms with E-state index in [9.17, 15) is 5.11 Å². The summed E-state index contributed by atoms with van der Waals surface area (Å²) in [6.45, 7) is 3.37. The van der Waals surface area contributed by atoms with Gasteiger partial charge in [-0.2, -0.15) is 0 Å². The summed E-state index contributed by atoms with van der Waals surface area (Å²) in [7, 11) is 1.71. The van der Waals surface area contributed by atoms with Crippen LogP contribution in [0.2, 0.25) is 0 Å². The van der Waals surface area contributed by atoms with Crippen LogP contribution in [0.15, 0.2) is 18.2 Å². The molecule has 0 saturated carbocycles. The Morgan fingerprint density at radius 3 is 2.50 bits per heavy atom. The second kappa shape index (κ2) is 6.76. The molecule has 1 fully saturated rings. The highest BCUT2D eigenvalue weighted by Crippen LogP contribution is 2.23. The minimum atomic E-state index is 0.0942. The van der Waals surface area contributed by atoms with Gasteiger partial charge in [0.25, 0.3) is 0 Å². The third-order valence-corrected chi connectivity index (χ3v) is 3.62. The van der Waals surface area contributed by atoms with Gasteiger partial charge in [0.15, 0.2) is 0 Å². The summed E-state index contributed by atoms with van der Waals surface area (Å²) in [5.74, 6) is 0.927. The molecule has 1 aliphatic heterocycles. The molecule has 0 bridgehead atoms. The molecule has 0 spiro atoms. The Hall–Kier alpha value is -1.06. The Bertz CT molecular complexity index is 371. The Morgan fingerprint density at radius 2 is 1.89 bits per heavy atom. The Kier molecular flexibility index (Phi) is 5.02. The number of aliphatic hydroxyl groups excluding tert-OH is 1. The van der Waals surface area contributed by atoms with Crippen molar-refractivity contribution in [1.82, 2.24) is 4.90 Å². The molecule has 0 aliphatic carbocycles. The van der Waals surface area contributed by atoms with Crippen molar-refractivity contribution in [2.75, 3.05) is 20.2 Å². The molecular formula is C15H23NO2. The fraction of sp³-hybridized carbons (Fsp3) is 0.600. The molecule has 0 aromatic heterocycles. The molecule has 1 aromatic rings. The molecule has 1 N–H and O–H groups in total. The number of hydrogen-bond acceptors (Lipinski definition) is 3. The molecule has 0 atom stereocenters. The number of methoxy groups -OCH3 is 1. The fourth-order valence-electron chi connectivity index (χ4n) is 2.59. The van der Waals surface area contributed by atoms with Crippen molar-refractivity contribution in [3.05, 3.63) is 29.3 Å². The van der Waals surface area contributed by atoms with Gasteiger partial charge in [-0.25, -0.2) is 0 Å². The molecule has 1 aliphatic rings. The maximum Gasteiger partial charge on any atom is 0.123 e. The minimum Gasteiger partial charge on any atom is -0.496 e. The van der Waals surface area contributed by atoms with Gasteiger partial charge in [-0.15, -0.1) is 0 Å². The van der Waals surface area contributed by atoms with Crippen LogP contribution in [0.25, 0.3) is 0 Å². The second-order valence-corrected chi connectivity index (χ2v) is 4.99. The molecule has 0 amide bonds. The lowest BCUT2D eigenvalue weighted by Crippen LogP contribution is -2.24. The molecule has 3 heteroatoms. The summed E-state index contributed by atoms with van der Waals surface area (Å²) in [5, 5.41) is 9.22. The van der Waals surface area contributed by atoms with Gasteiger partial charge in [0.1, 0.15) is 5.75 Å². The van der Waals surface area contributed by atoms with Gasteiger partial charge in [0.2, 0.25) is 0 Å². The molecule has 0 unspecified atom stereocenters. The molecule has 3 nitrogen and oxygen atoms in total. The summed E-state index contributed by atoms with van der Waals surface area (Å²) in [6.07, 6.45) is 5.29. The largest absolute Gasteiger partial charge is 0.496 e. The Labute approximate surface area is 109 Å². The lowest BCUT2D eigenvalue weighted by molar-refractivity contribution is 0.268. The molecule has 1 saturated heterocycles. The van der Waals surface area contributed by atoms with Crippen molar-refractivity contribution < 1.29 is 9.84 Å². The van der Waals surface area contributed by atoms with E-state index < -0.39 is 0 Å². The lowest BCUT2D eigenvalue weighted by atomic mass is 10.1. The van der Waals surface area contributed by atoms with Crippen LogP contribution in [0.4, 0.5) is 0 Å². The molecule has 18 heavy (non-hydrogen) atoms. The first kappa shape index (κ1) is 13.4. The maximum absolute atomic E-state index is 9.22. The molecule has 1 heterocycles. The van der Waals surface area contributed by atoms with Crippen molar-refractivity contribution in [3.8, 4) is 5.75 Å². The summed E-state index contributed by atoms with van der Waals surface area (Å²) in [4.78, 5) is 2.49. The van der Waals surface area contributed by atoms with Crippen LogP contribution in [0.1, 0.15) is 36.8 Å². The first-order chi connectivity index (χ1) is 8.83. The zero-order valence-corrected chi connectivity index (χ0v) is 11.2. The summed E-state index contributed by atoms with van der Waals surface area (Å²) in [5.41, 5.74) is 2.14. The molecule has 0 radical (unpaired) electrons. The monoisotopic (exact) mass is 249 g/mol. The predicted molar refractivity (Wildman–Crippen MR) is 72.7 cm³/mol. The van der Waals surface area contributed by atoms with E-state index in [1.54, 1.807) is 7.11 Å². The van der Waals surface area contributed by atoms with Gasteiger partial charge in [0, 0.05) is 12.1 Å². The summed E-state index contributed by atoms with van der Waals surface area (Å²) < 4.78 is 5.41. The van der Waals surface area contributed by atoms with Crippen LogP contribution in [0, 0.1) is 0 Å². The second-order valence-electron chi connectivity index (χ2n) is 4.99. The third-order valence-electron chi connectivity index (χ3n) is 3.62. The van der Waals surface area contributed by atoms with E-state index in [0.717, 1.165) is 17.9 Å². The van der Waals surface area contributed by atoms with Crippen molar-refractivity contribution in [2.24, 2.45) is 0 Å². The zero-order valence-electron chi connectivity index (χ0n) is 11.2. The number of likely N-dealkylation sites (tertiary alicyclic amines) is 1. The number of rotatable bonds is 4. The third kappa shape index (κ3) is 3.47. The number of benzene rings is 1. The highest BCUT2D eigenvalue weighted by molar-refractivity contribution is 5.37. The lowest BCUT2D eigenvalue weighted by Gasteiger charge is -2.21. The highest BCUT2D eigenvalue weighted by Gasteiger charge is 2.12. The van der Waals surface area contributed by atoms with Gasteiger partial charge in [0.05, 0.1) is 13.7 Å². The smallest absolute Gasteiger partial charge is 0.123 e. The van der Waals surface area contributed by atoms with Crippen LogP contribution in [0.3, 0.4) is 0 Å². The van der Waals surface area contributed by atoms with Crippen LogP contribution in [-0.2, 0) is 13.2 Å². The number of aliphatic hydroxyl groups is 1. The van der Waals surface area contributed by atoms with Crippen molar-refractivity contribution in [1.29, 1.82) is 0 Å². The maximum atomic E-state index is 9.22. The van der Waals surface area contributed by atoms with Crippen molar-refractivity contribution in [2.45, 2.75) is 38.8 Å². The predicted octanol–water partition coefficient (Wildman–Crippen LogP) is 2.56. The van der Waals surface area contributed by atoms with E-state index >= 15 is 0 Å². The SMILES string of the molecule is COc1ccc(CO)cc1CN1CCCCCC1. The summed E-state index contributed by atoms with van der Waals surface area (Å²) >= 11 is 0. The number of nitrogens with zero attached hydrogens (tertiary/aromatic N) is 1. The van der Waals surface area contributed by atoms with Gasteiger partial charge in [-0.05, 0) is 43.6 Å². The minimum absolute atomic E-state index is 0.0942. The number of ether oxygens (including phenoxy) is 1. The first-order valence-corrected chi connectivity index (χ1v) is 6.82. The van der Waals surface area contributed by atoms with Gasteiger partial charge in [-0.3, -0.25) is 4.90 Å². The molecule has 100 valence electrons. The fourth-order valence-corrected chi connectivity index (χ4v) is 2.59. The standard InChI is InChI=1S/C15H23NO2/c1-18-15-7-6-13(12-17)10-14(15)11-16-8-4-2-3-5-9-16/h6-7,10,17H,2-5,8-9,11-12H2,1H3. The van der Waals surface area contributed by atoms with Crippen molar-refractivity contribution >= 4 is 0 Å². The van der Waals surface area contributed by atoms with Gasteiger partial charge in [-0.1, -0.05) is 18.9 Å². The van der Waals surface area contributed by atoms with E-state index in [1.807, 2.05) is 12.1 Å². The topological polar surface area (TPSA) is 32.7 Å². The Balaban J connectivity index is 2.10. The molecule has 1 aromatic carbocycles. The van der Waals surface area contributed by atoms with Crippen molar-refractivity contribution in [3.63, 3.8) is 0 Å². The van der Waals surface area contributed by atoms with E-state index in [2.05, 4.69) is 11.0 Å². The molecule has 2 rings (SSSR count). The zero-order chi connectivity index (χ0) is 12.8. The molecular weight excluding hydrogens is 226 g/mol. The summed E-state index contributed by atoms with van der Waals surface area (Å²) in [6, 6.07) is 5.94. The average Bonchev–Trinajstić information content (AvgIpc) is 2.67. The average molecular weight is 249 g/mol. The highest BCUT2D eigenvalue weighted by atomic mass is 16.5. The van der Waals surface area contributed by atoms with Crippen LogP contribution >= 0.6 is 0 Å². The first-order valence-electron chi connectivity index (χ1n) is 6.82. The van der Waals surface area contributed by atoms with Gasteiger partial charge >= 0.3 is 0 Å². The van der Waals surface area contributed by atoms with E-state index in [0.29, 0.717) is 0 Å².